The molecule has 2 amide bonds. The average Bonchev–Trinajstić information content (AvgIpc) is 2.78. The van der Waals surface area contributed by atoms with Gasteiger partial charge in [-0.25, -0.2) is 0 Å². The Hall–Kier alpha value is -2.48. The molecule has 8 heteroatoms. The van der Waals surface area contributed by atoms with Crippen molar-refractivity contribution in [2.75, 3.05) is 60.7 Å². The predicted octanol–water partition coefficient (Wildman–Crippen LogP) is 1.35. The molecule has 3 rings (SSSR count). The molecule has 2 saturated heterocycles. The first-order valence-corrected chi connectivity index (χ1v) is 10.0. The van der Waals surface area contributed by atoms with E-state index >= 15 is 0 Å². The molecule has 0 aromatic heterocycles. The monoisotopic (exact) mass is 406 g/mol. The van der Waals surface area contributed by atoms with Crippen molar-refractivity contribution < 1.29 is 28.5 Å². The van der Waals surface area contributed by atoms with Crippen LogP contribution in [0.3, 0.4) is 0 Å². The summed E-state index contributed by atoms with van der Waals surface area (Å²) in [7, 11) is 4.66. The fourth-order valence-corrected chi connectivity index (χ4v) is 3.94. The van der Waals surface area contributed by atoms with Gasteiger partial charge < -0.3 is 28.7 Å². The van der Waals surface area contributed by atoms with Crippen molar-refractivity contribution in [1.82, 2.24) is 9.80 Å². The van der Waals surface area contributed by atoms with Crippen LogP contribution in [0.4, 0.5) is 0 Å². The summed E-state index contributed by atoms with van der Waals surface area (Å²) in [4.78, 5) is 29.2. The summed E-state index contributed by atoms with van der Waals surface area (Å²) in [5.74, 6) is 1.81. The number of methoxy groups -OCH3 is 3. The minimum atomic E-state index is -0.00155. The van der Waals surface area contributed by atoms with Gasteiger partial charge in [0.05, 0.1) is 41.0 Å². The van der Waals surface area contributed by atoms with Crippen molar-refractivity contribution in [3.05, 3.63) is 17.7 Å². The van der Waals surface area contributed by atoms with Gasteiger partial charge in [0.15, 0.2) is 11.5 Å². The van der Waals surface area contributed by atoms with Crippen molar-refractivity contribution >= 4 is 11.8 Å². The first-order valence-electron chi connectivity index (χ1n) is 10.0. The van der Waals surface area contributed by atoms with Crippen LogP contribution in [0.25, 0.3) is 0 Å². The van der Waals surface area contributed by atoms with Crippen LogP contribution in [0.15, 0.2) is 12.1 Å². The van der Waals surface area contributed by atoms with Crippen molar-refractivity contribution in [3.8, 4) is 17.2 Å². The summed E-state index contributed by atoms with van der Waals surface area (Å²) in [5.41, 5.74) is 0.802. The molecule has 29 heavy (non-hydrogen) atoms. The van der Waals surface area contributed by atoms with Crippen LogP contribution in [-0.2, 0) is 20.7 Å². The third-order valence-electron chi connectivity index (χ3n) is 5.60. The maximum Gasteiger partial charge on any atom is 0.226 e. The first kappa shape index (κ1) is 21.2. The number of likely N-dealkylation sites (tertiary alicyclic amines) is 1. The molecule has 0 radical (unpaired) electrons. The molecule has 2 aliphatic heterocycles. The smallest absolute Gasteiger partial charge is 0.226 e. The summed E-state index contributed by atoms with van der Waals surface area (Å²) in [6.45, 7) is 3.75. The van der Waals surface area contributed by atoms with Crippen molar-refractivity contribution in [2.45, 2.75) is 19.3 Å². The van der Waals surface area contributed by atoms with Crippen molar-refractivity contribution in [1.29, 1.82) is 0 Å². The van der Waals surface area contributed by atoms with Crippen molar-refractivity contribution in [3.63, 3.8) is 0 Å². The van der Waals surface area contributed by atoms with Crippen LogP contribution in [0.5, 0.6) is 17.2 Å². The number of carbonyl (C=O) groups is 2. The van der Waals surface area contributed by atoms with Crippen LogP contribution in [0.2, 0.25) is 0 Å². The lowest BCUT2D eigenvalue weighted by molar-refractivity contribution is -0.143. The van der Waals surface area contributed by atoms with E-state index in [1.165, 1.54) is 0 Å². The Morgan fingerprint density at radius 2 is 1.52 bits per heavy atom. The van der Waals surface area contributed by atoms with Gasteiger partial charge in [-0.15, -0.1) is 0 Å². The molecule has 0 saturated carbocycles. The average molecular weight is 406 g/mol. The number of rotatable bonds is 6. The molecule has 2 fully saturated rings. The number of amides is 2. The zero-order valence-corrected chi connectivity index (χ0v) is 17.4. The van der Waals surface area contributed by atoms with E-state index in [2.05, 4.69) is 0 Å². The molecule has 0 spiro atoms. The Morgan fingerprint density at radius 1 is 0.931 bits per heavy atom. The van der Waals surface area contributed by atoms with Gasteiger partial charge in [-0.05, 0) is 30.5 Å². The number of morpholine rings is 1. The third kappa shape index (κ3) is 4.93. The van der Waals surface area contributed by atoms with Gasteiger partial charge in [0.1, 0.15) is 0 Å². The zero-order valence-electron chi connectivity index (χ0n) is 17.4. The lowest BCUT2D eigenvalue weighted by Gasteiger charge is -2.35. The SMILES string of the molecule is COc1cc(CC(=O)N2CCC(C(=O)N3CCOCC3)CC2)cc(OC)c1OC. The Morgan fingerprint density at radius 3 is 2.03 bits per heavy atom. The van der Waals surface area contributed by atoms with Crippen molar-refractivity contribution in [2.24, 2.45) is 5.92 Å². The summed E-state index contributed by atoms with van der Waals surface area (Å²) in [6, 6.07) is 3.60. The molecular formula is C21H30N2O6. The Bertz CT molecular complexity index is 699. The van der Waals surface area contributed by atoms with Gasteiger partial charge in [-0.2, -0.15) is 0 Å². The highest BCUT2D eigenvalue weighted by Gasteiger charge is 2.31. The number of piperidine rings is 1. The molecule has 2 heterocycles. The molecule has 0 atom stereocenters. The highest BCUT2D eigenvalue weighted by atomic mass is 16.5. The second kappa shape index (κ2) is 9.82. The normalized spacial score (nSPS) is 17.8. The van der Waals surface area contributed by atoms with E-state index in [1.807, 2.05) is 9.80 Å². The number of nitrogens with zero attached hydrogens (tertiary/aromatic N) is 2. The zero-order chi connectivity index (χ0) is 20.8. The van der Waals surface area contributed by atoms with Gasteiger partial charge in [0.2, 0.25) is 17.6 Å². The van der Waals surface area contributed by atoms with E-state index in [9.17, 15) is 9.59 Å². The number of benzene rings is 1. The van der Waals surface area contributed by atoms with Gasteiger partial charge in [0, 0.05) is 32.1 Å². The summed E-state index contributed by atoms with van der Waals surface area (Å²) < 4.78 is 21.4. The van der Waals surface area contributed by atoms with E-state index in [0.29, 0.717) is 69.5 Å². The molecular weight excluding hydrogens is 376 g/mol. The molecule has 1 aromatic carbocycles. The largest absolute Gasteiger partial charge is 0.493 e. The van der Waals surface area contributed by atoms with Crippen LogP contribution >= 0.6 is 0 Å². The number of hydrogen-bond acceptors (Lipinski definition) is 6. The molecule has 0 aliphatic carbocycles. The molecule has 8 nitrogen and oxygen atoms in total. The quantitative estimate of drug-likeness (QED) is 0.710. The van der Waals surface area contributed by atoms with Crippen LogP contribution < -0.4 is 14.2 Å². The van der Waals surface area contributed by atoms with E-state index in [4.69, 9.17) is 18.9 Å². The minimum absolute atomic E-state index is 0.00155. The van der Waals surface area contributed by atoms with Crippen LogP contribution in [0.1, 0.15) is 18.4 Å². The highest BCUT2D eigenvalue weighted by molar-refractivity contribution is 5.81. The summed E-state index contributed by atoms with van der Waals surface area (Å²) >= 11 is 0. The fraction of sp³-hybridized carbons (Fsp3) is 0.619. The maximum atomic E-state index is 12.8. The number of ether oxygens (including phenoxy) is 4. The Balaban J connectivity index is 1.58. The Labute approximate surface area is 171 Å². The third-order valence-corrected chi connectivity index (χ3v) is 5.60. The predicted molar refractivity (Wildman–Crippen MR) is 107 cm³/mol. The maximum absolute atomic E-state index is 12.8. The highest BCUT2D eigenvalue weighted by Crippen LogP contribution is 2.38. The molecule has 160 valence electrons. The standard InChI is InChI=1S/C21H30N2O6/c1-26-17-12-15(13-18(27-2)20(17)28-3)14-19(24)22-6-4-16(5-7-22)21(25)23-8-10-29-11-9-23/h12-13,16H,4-11,14H2,1-3H3. The molecule has 0 N–H and O–H groups in total. The fourth-order valence-electron chi connectivity index (χ4n) is 3.94. The lowest BCUT2D eigenvalue weighted by atomic mass is 9.94. The number of hydrogen-bond donors (Lipinski definition) is 0. The number of carbonyl (C=O) groups excluding carboxylic acids is 2. The van der Waals surface area contributed by atoms with Gasteiger partial charge in [-0.3, -0.25) is 9.59 Å². The van der Waals surface area contributed by atoms with E-state index in [-0.39, 0.29) is 24.2 Å². The van der Waals surface area contributed by atoms with Gasteiger partial charge in [0.25, 0.3) is 0 Å². The second-order valence-electron chi connectivity index (χ2n) is 7.30. The lowest BCUT2D eigenvalue weighted by Crippen LogP contribution is -2.47. The molecule has 0 unspecified atom stereocenters. The topological polar surface area (TPSA) is 77.5 Å². The van der Waals surface area contributed by atoms with E-state index < -0.39 is 0 Å². The van der Waals surface area contributed by atoms with Gasteiger partial charge >= 0.3 is 0 Å². The molecule has 1 aromatic rings. The van der Waals surface area contributed by atoms with E-state index in [1.54, 1.807) is 33.5 Å². The summed E-state index contributed by atoms with van der Waals surface area (Å²) in [5, 5.41) is 0. The summed E-state index contributed by atoms with van der Waals surface area (Å²) in [6.07, 6.45) is 1.66. The van der Waals surface area contributed by atoms with Crippen LogP contribution in [0, 0.1) is 5.92 Å². The first-order chi connectivity index (χ1) is 14.1. The van der Waals surface area contributed by atoms with E-state index in [0.717, 1.165) is 5.56 Å². The van der Waals surface area contributed by atoms with Crippen LogP contribution in [-0.4, -0.2) is 82.3 Å². The Kier molecular flexibility index (Phi) is 7.19. The minimum Gasteiger partial charge on any atom is -0.493 e. The second-order valence-corrected chi connectivity index (χ2v) is 7.30. The molecule has 0 bridgehead atoms. The van der Waals surface area contributed by atoms with Gasteiger partial charge in [-0.1, -0.05) is 0 Å². The molecule has 2 aliphatic rings.